The number of hydrogen-bond acceptors (Lipinski definition) is 4. The summed E-state index contributed by atoms with van der Waals surface area (Å²) in [5.74, 6) is 1.22. The summed E-state index contributed by atoms with van der Waals surface area (Å²) >= 11 is 0. The summed E-state index contributed by atoms with van der Waals surface area (Å²) in [5.41, 5.74) is 1.75. The van der Waals surface area contributed by atoms with Gasteiger partial charge in [-0.3, -0.25) is 9.89 Å². The van der Waals surface area contributed by atoms with Gasteiger partial charge in [-0.1, -0.05) is 0 Å². The third kappa shape index (κ3) is 3.45. The fourth-order valence-corrected chi connectivity index (χ4v) is 3.36. The Balaban J connectivity index is 1.43. The van der Waals surface area contributed by atoms with Crippen molar-refractivity contribution in [2.45, 2.75) is 19.3 Å². The Bertz CT molecular complexity index is 810. The van der Waals surface area contributed by atoms with E-state index in [4.69, 9.17) is 0 Å². The SMILES string of the molecule is O=C(c1ccc(-n2cccn2)nc1)N1CCC[C@H](Cc2ccn[nH]2)C1. The van der Waals surface area contributed by atoms with Gasteiger partial charge in [-0.15, -0.1) is 0 Å². The van der Waals surface area contributed by atoms with E-state index in [-0.39, 0.29) is 5.91 Å². The molecule has 25 heavy (non-hydrogen) atoms. The Labute approximate surface area is 145 Å². The van der Waals surface area contributed by atoms with Crippen LogP contribution < -0.4 is 0 Å². The molecule has 128 valence electrons. The molecule has 0 aromatic carbocycles. The molecular formula is C18H20N6O. The van der Waals surface area contributed by atoms with Crippen LogP contribution in [-0.2, 0) is 6.42 Å². The molecule has 1 aliphatic heterocycles. The molecule has 1 fully saturated rings. The zero-order valence-electron chi connectivity index (χ0n) is 13.9. The summed E-state index contributed by atoms with van der Waals surface area (Å²) in [6, 6.07) is 7.49. The van der Waals surface area contributed by atoms with E-state index < -0.39 is 0 Å². The van der Waals surface area contributed by atoms with E-state index in [0.29, 0.717) is 17.3 Å². The van der Waals surface area contributed by atoms with Crippen LogP contribution in [0.4, 0.5) is 0 Å². The molecule has 7 nitrogen and oxygen atoms in total. The van der Waals surface area contributed by atoms with Crippen molar-refractivity contribution in [3.8, 4) is 5.82 Å². The van der Waals surface area contributed by atoms with Crippen LogP contribution in [0, 0.1) is 5.92 Å². The number of carbonyl (C=O) groups is 1. The number of aromatic nitrogens is 5. The zero-order valence-corrected chi connectivity index (χ0v) is 13.9. The molecule has 3 aromatic rings. The maximum absolute atomic E-state index is 12.8. The summed E-state index contributed by atoms with van der Waals surface area (Å²) in [5, 5.41) is 11.2. The normalized spacial score (nSPS) is 17.6. The third-order valence-electron chi connectivity index (χ3n) is 4.61. The number of nitrogens with one attached hydrogen (secondary N) is 1. The van der Waals surface area contributed by atoms with E-state index in [9.17, 15) is 4.79 Å². The number of rotatable bonds is 4. The summed E-state index contributed by atoms with van der Waals surface area (Å²) in [6.45, 7) is 1.58. The highest BCUT2D eigenvalue weighted by Crippen LogP contribution is 2.21. The second-order valence-corrected chi connectivity index (χ2v) is 6.40. The van der Waals surface area contributed by atoms with E-state index in [2.05, 4.69) is 20.3 Å². The van der Waals surface area contributed by atoms with Gasteiger partial charge in [0.25, 0.3) is 5.91 Å². The van der Waals surface area contributed by atoms with Gasteiger partial charge in [0.15, 0.2) is 5.82 Å². The molecule has 0 radical (unpaired) electrons. The van der Waals surface area contributed by atoms with Crippen molar-refractivity contribution in [3.63, 3.8) is 0 Å². The number of H-pyrrole nitrogens is 1. The first-order valence-electron chi connectivity index (χ1n) is 8.53. The van der Waals surface area contributed by atoms with Gasteiger partial charge in [0, 0.05) is 43.6 Å². The van der Waals surface area contributed by atoms with E-state index in [0.717, 1.165) is 38.0 Å². The van der Waals surface area contributed by atoms with Crippen molar-refractivity contribution < 1.29 is 4.79 Å². The van der Waals surface area contributed by atoms with Crippen molar-refractivity contribution in [2.24, 2.45) is 5.92 Å². The minimum Gasteiger partial charge on any atom is -0.338 e. The second-order valence-electron chi connectivity index (χ2n) is 6.40. The lowest BCUT2D eigenvalue weighted by Crippen LogP contribution is -2.40. The van der Waals surface area contributed by atoms with E-state index in [1.54, 1.807) is 23.3 Å². The first-order chi connectivity index (χ1) is 12.3. The molecule has 4 heterocycles. The van der Waals surface area contributed by atoms with E-state index in [1.807, 2.05) is 35.4 Å². The van der Waals surface area contributed by atoms with Crippen LogP contribution in [0.2, 0.25) is 0 Å². The number of carbonyl (C=O) groups excluding carboxylic acids is 1. The Morgan fingerprint density at radius 3 is 2.96 bits per heavy atom. The van der Waals surface area contributed by atoms with Crippen LogP contribution in [0.5, 0.6) is 0 Å². The van der Waals surface area contributed by atoms with Gasteiger partial charge in [-0.2, -0.15) is 10.2 Å². The number of pyridine rings is 1. The van der Waals surface area contributed by atoms with Gasteiger partial charge in [0.1, 0.15) is 0 Å². The number of nitrogens with zero attached hydrogens (tertiary/aromatic N) is 5. The van der Waals surface area contributed by atoms with Crippen molar-refractivity contribution >= 4 is 5.91 Å². The van der Waals surface area contributed by atoms with Crippen LogP contribution in [-0.4, -0.2) is 48.9 Å². The molecule has 1 N–H and O–H groups in total. The van der Waals surface area contributed by atoms with E-state index in [1.165, 1.54) is 0 Å². The molecule has 1 aliphatic rings. The zero-order chi connectivity index (χ0) is 17.1. The van der Waals surface area contributed by atoms with Crippen LogP contribution in [0.25, 0.3) is 5.82 Å². The Kier molecular flexibility index (Phi) is 4.28. The molecule has 0 unspecified atom stereocenters. The topological polar surface area (TPSA) is 79.7 Å². The Hall–Kier alpha value is -2.96. The lowest BCUT2D eigenvalue weighted by atomic mass is 9.93. The Morgan fingerprint density at radius 1 is 1.28 bits per heavy atom. The summed E-state index contributed by atoms with van der Waals surface area (Å²) < 4.78 is 1.68. The molecule has 0 aliphatic carbocycles. The summed E-state index contributed by atoms with van der Waals surface area (Å²) in [4.78, 5) is 19.1. The maximum atomic E-state index is 12.8. The molecule has 4 rings (SSSR count). The van der Waals surface area contributed by atoms with Crippen molar-refractivity contribution in [3.05, 3.63) is 60.3 Å². The van der Waals surface area contributed by atoms with E-state index >= 15 is 0 Å². The summed E-state index contributed by atoms with van der Waals surface area (Å²) in [7, 11) is 0. The lowest BCUT2D eigenvalue weighted by molar-refractivity contribution is 0.0672. The maximum Gasteiger partial charge on any atom is 0.255 e. The fourth-order valence-electron chi connectivity index (χ4n) is 3.36. The monoisotopic (exact) mass is 336 g/mol. The van der Waals surface area contributed by atoms with Crippen LogP contribution >= 0.6 is 0 Å². The standard InChI is InChI=1S/C18H20N6O/c25-18(15-4-5-17(19-12-15)24-10-2-7-21-24)23-9-1-3-14(13-23)11-16-6-8-20-22-16/h2,4-8,10,12,14H,1,3,9,11,13H2,(H,20,22)/t14-/m1/s1. The minimum absolute atomic E-state index is 0.0498. The van der Waals surface area contributed by atoms with Crippen LogP contribution in [0.1, 0.15) is 28.9 Å². The van der Waals surface area contributed by atoms with Gasteiger partial charge < -0.3 is 4.90 Å². The number of aromatic amines is 1. The molecule has 0 spiro atoms. The number of hydrogen-bond donors (Lipinski definition) is 1. The average molecular weight is 336 g/mol. The predicted octanol–water partition coefficient (Wildman–Crippen LogP) is 2.09. The van der Waals surface area contributed by atoms with Crippen LogP contribution in [0.3, 0.4) is 0 Å². The van der Waals surface area contributed by atoms with Crippen molar-refractivity contribution in [2.75, 3.05) is 13.1 Å². The van der Waals surface area contributed by atoms with Gasteiger partial charge in [-0.25, -0.2) is 9.67 Å². The molecule has 3 aromatic heterocycles. The molecule has 0 saturated carbocycles. The minimum atomic E-state index is 0.0498. The second kappa shape index (κ2) is 6.88. The summed E-state index contributed by atoms with van der Waals surface area (Å²) in [6.07, 6.45) is 10.0. The molecule has 1 amide bonds. The quantitative estimate of drug-likeness (QED) is 0.791. The molecule has 0 bridgehead atoms. The van der Waals surface area contributed by atoms with Gasteiger partial charge in [-0.05, 0) is 49.4 Å². The number of piperidine rings is 1. The average Bonchev–Trinajstić information content (AvgIpc) is 3.35. The Morgan fingerprint density at radius 2 is 2.24 bits per heavy atom. The molecule has 7 heteroatoms. The molecule has 1 atom stereocenters. The highest BCUT2D eigenvalue weighted by Gasteiger charge is 2.25. The van der Waals surface area contributed by atoms with Crippen LogP contribution in [0.15, 0.2) is 49.1 Å². The highest BCUT2D eigenvalue weighted by molar-refractivity contribution is 5.94. The lowest BCUT2D eigenvalue weighted by Gasteiger charge is -2.32. The molecule has 1 saturated heterocycles. The van der Waals surface area contributed by atoms with Gasteiger partial charge in [0.05, 0.1) is 5.56 Å². The highest BCUT2D eigenvalue weighted by atomic mass is 16.2. The predicted molar refractivity (Wildman–Crippen MR) is 92.3 cm³/mol. The fraction of sp³-hybridized carbons (Fsp3) is 0.333. The number of amides is 1. The van der Waals surface area contributed by atoms with Gasteiger partial charge >= 0.3 is 0 Å². The first kappa shape index (κ1) is 15.6. The van der Waals surface area contributed by atoms with Crippen molar-refractivity contribution in [1.82, 2.24) is 29.9 Å². The first-order valence-corrected chi connectivity index (χ1v) is 8.53. The smallest absolute Gasteiger partial charge is 0.255 e. The number of likely N-dealkylation sites (tertiary alicyclic amines) is 1. The molecular weight excluding hydrogens is 316 g/mol. The third-order valence-corrected chi connectivity index (χ3v) is 4.61. The van der Waals surface area contributed by atoms with Crippen molar-refractivity contribution in [1.29, 1.82) is 0 Å². The largest absolute Gasteiger partial charge is 0.338 e. The van der Waals surface area contributed by atoms with Gasteiger partial charge in [0.2, 0.25) is 0 Å².